The minimum absolute atomic E-state index is 0.537. The van der Waals surface area contributed by atoms with E-state index in [4.69, 9.17) is 5.84 Å². The number of nitrogen functional groups attached to an aromatic ring is 1. The van der Waals surface area contributed by atoms with Crippen LogP contribution in [0.15, 0.2) is 6.07 Å². The summed E-state index contributed by atoms with van der Waals surface area (Å²) in [6, 6.07) is 1.90. The highest BCUT2D eigenvalue weighted by molar-refractivity contribution is 5.49. The van der Waals surface area contributed by atoms with E-state index in [1.807, 2.05) is 6.07 Å². The lowest BCUT2D eigenvalue weighted by atomic mass is 10.2. The van der Waals surface area contributed by atoms with Crippen molar-refractivity contribution in [2.45, 2.75) is 32.6 Å². The minimum atomic E-state index is 0.537. The second-order valence-corrected chi connectivity index (χ2v) is 5.16. The van der Waals surface area contributed by atoms with Crippen LogP contribution in [-0.4, -0.2) is 23.6 Å². The molecular formula is C12H21N5. The second-order valence-electron chi connectivity index (χ2n) is 5.16. The highest BCUT2D eigenvalue weighted by atomic mass is 15.3. The Morgan fingerprint density at radius 2 is 2.18 bits per heavy atom. The van der Waals surface area contributed by atoms with Crippen molar-refractivity contribution in [1.29, 1.82) is 0 Å². The normalized spacial score (nSPS) is 15.1. The fourth-order valence-electron chi connectivity index (χ4n) is 1.89. The molecule has 1 aliphatic rings. The predicted molar refractivity (Wildman–Crippen MR) is 69.9 cm³/mol. The third kappa shape index (κ3) is 3.06. The van der Waals surface area contributed by atoms with Crippen LogP contribution in [0.1, 0.15) is 38.4 Å². The maximum atomic E-state index is 5.45. The first-order valence-corrected chi connectivity index (χ1v) is 6.17. The van der Waals surface area contributed by atoms with Gasteiger partial charge in [-0.05, 0) is 18.8 Å². The van der Waals surface area contributed by atoms with Crippen LogP contribution in [0, 0.1) is 5.92 Å². The number of hydrogen-bond acceptors (Lipinski definition) is 5. The maximum absolute atomic E-state index is 5.45. The third-order valence-electron chi connectivity index (χ3n) is 2.85. The van der Waals surface area contributed by atoms with Crippen LogP contribution >= 0.6 is 0 Å². The molecule has 1 aromatic heterocycles. The average molecular weight is 235 g/mol. The van der Waals surface area contributed by atoms with Crippen LogP contribution in [0.25, 0.3) is 0 Å². The van der Waals surface area contributed by atoms with E-state index in [9.17, 15) is 0 Å². The number of nitrogens with one attached hydrogen (secondary N) is 1. The van der Waals surface area contributed by atoms with Crippen molar-refractivity contribution < 1.29 is 0 Å². The summed E-state index contributed by atoms with van der Waals surface area (Å²) in [5, 5.41) is 0. The van der Waals surface area contributed by atoms with Gasteiger partial charge in [0.25, 0.3) is 0 Å². The number of hydrazine groups is 1. The molecule has 1 aliphatic carbocycles. The number of anilines is 2. The first kappa shape index (κ1) is 12.1. The van der Waals surface area contributed by atoms with Crippen molar-refractivity contribution in [3.05, 3.63) is 11.9 Å². The Morgan fingerprint density at radius 1 is 1.47 bits per heavy atom. The summed E-state index contributed by atoms with van der Waals surface area (Å²) in [4.78, 5) is 11.2. The van der Waals surface area contributed by atoms with Crippen LogP contribution in [0.4, 0.5) is 11.6 Å². The summed E-state index contributed by atoms with van der Waals surface area (Å²) < 4.78 is 0. The molecule has 3 N–H and O–H groups in total. The molecule has 5 heteroatoms. The molecule has 0 aliphatic heterocycles. The first-order chi connectivity index (χ1) is 8.10. The molecule has 0 radical (unpaired) electrons. The van der Waals surface area contributed by atoms with Gasteiger partial charge in [0.15, 0.2) is 0 Å². The Balaban J connectivity index is 2.22. The predicted octanol–water partition coefficient (Wildman–Crippen LogP) is 1.73. The molecule has 0 spiro atoms. The van der Waals surface area contributed by atoms with E-state index < -0.39 is 0 Å². The molecule has 0 unspecified atom stereocenters. The maximum Gasteiger partial charge on any atom is 0.145 e. The lowest BCUT2D eigenvalue weighted by Crippen LogP contribution is -2.24. The molecular weight excluding hydrogens is 214 g/mol. The number of rotatable bonds is 5. The number of aromatic nitrogens is 2. The van der Waals surface area contributed by atoms with Crippen molar-refractivity contribution in [3.63, 3.8) is 0 Å². The van der Waals surface area contributed by atoms with Gasteiger partial charge >= 0.3 is 0 Å². The van der Waals surface area contributed by atoms with Crippen molar-refractivity contribution in [2.24, 2.45) is 11.8 Å². The molecule has 0 aromatic carbocycles. The third-order valence-corrected chi connectivity index (χ3v) is 2.85. The molecule has 2 rings (SSSR count). The standard InChI is InChI=1S/C12H21N5/c1-8(2)7-17(3)11-6-10(16-13)14-12(15-11)9-4-5-9/h6,8-9H,4-5,7,13H2,1-3H3,(H,14,15,16). The van der Waals surface area contributed by atoms with Crippen LogP contribution in [-0.2, 0) is 0 Å². The largest absolute Gasteiger partial charge is 0.359 e. The van der Waals surface area contributed by atoms with E-state index in [2.05, 4.69) is 41.2 Å². The van der Waals surface area contributed by atoms with E-state index >= 15 is 0 Å². The van der Waals surface area contributed by atoms with Gasteiger partial charge in [0.2, 0.25) is 0 Å². The smallest absolute Gasteiger partial charge is 0.145 e. The van der Waals surface area contributed by atoms with Crippen molar-refractivity contribution >= 4 is 11.6 Å². The molecule has 0 amide bonds. The molecule has 1 fully saturated rings. The van der Waals surface area contributed by atoms with Crippen molar-refractivity contribution in [1.82, 2.24) is 9.97 Å². The summed E-state index contributed by atoms with van der Waals surface area (Å²) in [6.45, 7) is 5.37. The summed E-state index contributed by atoms with van der Waals surface area (Å²) in [5.74, 6) is 9.16. The van der Waals surface area contributed by atoms with E-state index in [-0.39, 0.29) is 0 Å². The Labute approximate surface area is 102 Å². The van der Waals surface area contributed by atoms with Gasteiger partial charge in [-0.3, -0.25) is 0 Å². The van der Waals surface area contributed by atoms with Gasteiger partial charge in [0.1, 0.15) is 17.5 Å². The summed E-state index contributed by atoms with van der Waals surface area (Å²) in [6.07, 6.45) is 2.39. The van der Waals surface area contributed by atoms with Gasteiger partial charge < -0.3 is 10.3 Å². The molecule has 1 heterocycles. The second kappa shape index (κ2) is 4.87. The number of nitrogens with two attached hydrogens (primary N) is 1. The fourth-order valence-corrected chi connectivity index (χ4v) is 1.89. The van der Waals surface area contributed by atoms with Gasteiger partial charge in [0, 0.05) is 25.6 Å². The topological polar surface area (TPSA) is 67.1 Å². The number of nitrogens with zero attached hydrogens (tertiary/aromatic N) is 3. The van der Waals surface area contributed by atoms with Gasteiger partial charge in [-0.25, -0.2) is 15.8 Å². The zero-order valence-corrected chi connectivity index (χ0v) is 10.8. The highest BCUT2D eigenvalue weighted by Crippen LogP contribution is 2.39. The van der Waals surface area contributed by atoms with Gasteiger partial charge in [-0.15, -0.1) is 0 Å². The molecule has 1 aromatic rings. The lowest BCUT2D eigenvalue weighted by Gasteiger charge is -2.21. The van der Waals surface area contributed by atoms with Gasteiger partial charge in [-0.2, -0.15) is 0 Å². The van der Waals surface area contributed by atoms with Gasteiger partial charge in [0.05, 0.1) is 0 Å². The minimum Gasteiger partial charge on any atom is -0.359 e. The number of hydrogen-bond donors (Lipinski definition) is 2. The monoisotopic (exact) mass is 235 g/mol. The summed E-state index contributed by atoms with van der Waals surface area (Å²) >= 11 is 0. The molecule has 5 nitrogen and oxygen atoms in total. The van der Waals surface area contributed by atoms with Crippen LogP contribution in [0.5, 0.6) is 0 Å². The van der Waals surface area contributed by atoms with Crippen molar-refractivity contribution in [2.75, 3.05) is 23.9 Å². The Kier molecular flexibility index (Phi) is 3.47. The highest BCUT2D eigenvalue weighted by Gasteiger charge is 2.27. The Bertz CT molecular complexity index is 386. The SMILES string of the molecule is CC(C)CN(C)c1cc(NN)nc(C2CC2)n1. The van der Waals surface area contributed by atoms with Crippen molar-refractivity contribution in [3.8, 4) is 0 Å². The molecule has 0 bridgehead atoms. The van der Waals surface area contributed by atoms with Crippen LogP contribution in [0.2, 0.25) is 0 Å². The lowest BCUT2D eigenvalue weighted by molar-refractivity contribution is 0.633. The van der Waals surface area contributed by atoms with Crippen LogP contribution in [0.3, 0.4) is 0 Å². The average Bonchev–Trinajstić information content (AvgIpc) is 3.11. The Morgan fingerprint density at radius 3 is 2.71 bits per heavy atom. The molecule has 0 atom stereocenters. The zero-order valence-electron chi connectivity index (χ0n) is 10.8. The quantitative estimate of drug-likeness (QED) is 0.601. The first-order valence-electron chi connectivity index (χ1n) is 6.17. The molecule has 94 valence electrons. The molecule has 17 heavy (non-hydrogen) atoms. The van der Waals surface area contributed by atoms with Gasteiger partial charge in [-0.1, -0.05) is 13.8 Å². The van der Waals surface area contributed by atoms with E-state index in [0.29, 0.717) is 17.7 Å². The Hall–Kier alpha value is -1.36. The molecule has 0 saturated heterocycles. The zero-order chi connectivity index (χ0) is 12.4. The molecule has 1 saturated carbocycles. The van der Waals surface area contributed by atoms with E-state index in [0.717, 1.165) is 18.2 Å². The van der Waals surface area contributed by atoms with E-state index in [1.165, 1.54) is 12.8 Å². The van der Waals surface area contributed by atoms with Crippen LogP contribution < -0.4 is 16.2 Å². The summed E-state index contributed by atoms with van der Waals surface area (Å²) in [5.41, 5.74) is 2.62. The summed E-state index contributed by atoms with van der Waals surface area (Å²) in [7, 11) is 2.05. The fraction of sp³-hybridized carbons (Fsp3) is 0.667. The van der Waals surface area contributed by atoms with E-state index in [1.54, 1.807) is 0 Å².